The fourth-order valence-electron chi connectivity index (χ4n) is 2.56. The minimum atomic E-state index is -0.826. The Hall–Kier alpha value is -1.12. The molecule has 1 heterocycles. The predicted molar refractivity (Wildman–Crippen MR) is 98.9 cm³/mol. The lowest BCUT2D eigenvalue weighted by Crippen LogP contribution is -2.41. The van der Waals surface area contributed by atoms with Gasteiger partial charge in [-0.05, 0) is 63.9 Å². The maximum atomic E-state index is 14.4. The largest absolute Gasteiger partial charge is 0.495 e. The highest BCUT2D eigenvalue weighted by molar-refractivity contribution is 7.99. The molecule has 1 aromatic rings. The van der Waals surface area contributed by atoms with Crippen molar-refractivity contribution in [1.82, 2.24) is 0 Å². The van der Waals surface area contributed by atoms with Crippen molar-refractivity contribution in [3.63, 3.8) is 0 Å². The van der Waals surface area contributed by atoms with Gasteiger partial charge in [-0.2, -0.15) is 0 Å². The molecular weight excluding hydrogens is 361 g/mol. The first-order valence-electron chi connectivity index (χ1n) is 8.73. The van der Waals surface area contributed by atoms with E-state index in [0.717, 1.165) is 11.8 Å². The third-order valence-electron chi connectivity index (χ3n) is 4.83. The SMILES string of the molecule is CC1(C)OB(c2cc(F)c(SCCCCCC(=O)O)c(F)c2)OC1(C)C. The zero-order valence-electron chi connectivity index (χ0n) is 15.6. The normalized spacial score (nSPS) is 18.3. The van der Waals surface area contributed by atoms with Crippen molar-refractivity contribution in [3.8, 4) is 0 Å². The van der Waals surface area contributed by atoms with Gasteiger partial charge in [-0.3, -0.25) is 4.79 Å². The number of carboxylic acids is 1. The van der Waals surface area contributed by atoms with Gasteiger partial charge < -0.3 is 14.4 Å². The van der Waals surface area contributed by atoms with Crippen LogP contribution in [-0.4, -0.2) is 35.1 Å². The molecule has 0 atom stereocenters. The fraction of sp³-hybridized carbons (Fsp3) is 0.611. The topological polar surface area (TPSA) is 55.8 Å². The Morgan fingerprint density at radius 3 is 2.12 bits per heavy atom. The monoisotopic (exact) mass is 386 g/mol. The number of halogens is 2. The Balaban J connectivity index is 1.97. The first kappa shape index (κ1) is 21.2. The molecule has 1 fully saturated rings. The predicted octanol–water partition coefficient (Wildman–Crippen LogP) is 4.00. The van der Waals surface area contributed by atoms with Crippen LogP contribution in [-0.2, 0) is 14.1 Å². The van der Waals surface area contributed by atoms with E-state index in [4.69, 9.17) is 14.4 Å². The van der Waals surface area contributed by atoms with Gasteiger partial charge in [0.25, 0.3) is 0 Å². The lowest BCUT2D eigenvalue weighted by Gasteiger charge is -2.32. The third kappa shape index (κ3) is 4.99. The number of aliphatic carboxylic acids is 1. The van der Waals surface area contributed by atoms with E-state index in [9.17, 15) is 13.6 Å². The summed E-state index contributed by atoms with van der Waals surface area (Å²) >= 11 is 1.10. The minimum Gasteiger partial charge on any atom is -0.481 e. The van der Waals surface area contributed by atoms with Gasteiger partial charge in [-0.1, -0.05) is 6.42 Å². The van der Waals surface area contributed by atoms with Gasteiger partial charge in [0.2, 0.25) is 0 Å². The van der Waals surface area contributed by atoms with E-state index in [2.05, 4.69) is 0 Å². The molecule has 1 aromatic carbocycles. The summed E-state index contributed by atoms with van der Waals surface area (Å²) in [5, 5.41) is 8.58. The summed E-state index contributed by atoms with van der Waals surface area (Å²) in [5.41, 5.74) is -0.827. The van der Waals surface area contributed by atoms with E-state index in [-0.39, 0.29) is 11.3 Å². The molecule has 0 spiro atoms. The van der Waals surface area contributed by atoms with Gasteiger partial charge >= 0.3 is 13.1 Å². The molecule has 144 valence electrons. The molecule has 0 amide bonds. The molecule has 26 heavy (non-hydrogen) atoms. The van der Waals surface area contributed by atoms with Gasteiger partial charge in [-0.15, -0.1) is 11.8 Å². The minimum absolute atomic E-state index is 0.0245. The number of unbranched alkanes of at least 4 members (excludes halogenated alkanes) is 2. The van der Waals surface area contributed by atoms with Crippen LogP contribution >= 0.6 is 11.8 Å². The maximum absolute atomic E-state index is 14.4. The average Bonchev–Trinajstić information content (AvgIpc) is 2.72. The third-order valence-corrected chi connectivity index (χ3v) is 6.00. The number of carbonyl (C=O) groups is 1. The van der Waals surface area contributed by atoms with E-state index in [1.807, 2.05) is 27.7 Å². The molecular formula is C18H25BF2O4S. The Labute approximate surface area is 157 Å². The number of thioether (sulfide) groups is 1. The summed E-state index contributed by atoms with van der Waals surface area (Å²) in [7, 11) is -0.806. The summed E-state index contributed by atoms with van der Waals surface area (Å²) in [6, 6.07) is 2.52. The highest BCUT2D eigenvalue weighted by atomic mass is 32.2. The van der Waals surface area contributed by atoms with Crippen LogP contribution in [0.1, 0.15) is 53.4 Å². The lowest BCUT2D eigenvalue weighted by atomic mass is 9.79. The second kappa shape index (κ2) is 8.27. The Morgan fingerprint density at radius 2 is 1.62 bits per heavy atom. The molecule has 0 bridgehead atoms. The van der Waals surface area contributed by atoms with E-state index >= 15 is 0 Å². The van der Waals surface area contributed by atoms with Gasteiger partial charge in [0, 0.05) is 6.42 Å². The van der Waals surface area contributed by atoms with Crippen molar-refractivity contribution in [2.45, 2.75) is 69.5 Å². The summed E-state index contributed by atoms with van der Waals surface area (Å²) < 4.78 is 40.4. The van der Waals surface area contributed by atoms with Crippen LogP contribution in [0.15, 0.2) is 17.0 Å². The van der Waals surface area contributed by atoms with Crippen LogP contribution in [0, 0.1) is 11.6 Å². The highest BCUT2D eigenvalue weighted by Gasteiger charge is 2.51. The zero-order valence-corrected chi connectivity index (χ0v) is 16.4. The standard InChI is InChI=1S/C18H25BF2O4S/c1-17(2)18(3,4)25-19(24-17)12-10-13(20)16(14(21)11-12)26-9-7-5-6-8-15(22)23/h10-11H,5-9H2,1-4H3,(H,22,23). The molecule has 1 saturated heterocycles. The van der Waals surface area contributed by atoms with Crippen LogP contribution in [0.5, 0.6) is 0 Å². The van der Waals surface area contributed by atoms with Crippen LogP contribution in [0.3, 0.4) is 0 Å². The number of rotatable bonds is 8. The van der Waals surface area contributed by atoms with Crippen molar-refractivity contribution in [2.24, 2.45) is 0 Å². The second-order valence-corrected chi connectivity index (χ2v) is 8.56. The molecule has 4 nitrogen and oxygen atoms in total. The van der Waals surface area contributed by atoms with Crippen molar-refractivity contribution in [2.75, 3.05) is 5.75 Å². The average molecular weight is 386 g/mol. The lowest BCUT2D eigenvalue weighted by molar-refractivity contribution is -0.137. The molecule has 0 radical (unpaired) electrons. The second-order valence-electron chi connectivity index (χ2n) is 7.45. The molecule has 0 unspecified atom stereocenters. The number of hydrogen-bond acceptors (Lipinski definition) is 4. The molecule has 0 saturated carbocycles. The molecule has 1 N–H and O–H groups in total. The first-order valence-corrected chi connectivity index (χ1v) is 9.71. The summed E-state index contributed by atoms with van der Waals surface area (Å²) in [6.07, 6.45) is 2.11. The van der Waals surface area contributed by atoms with Gasteiger partial charge in [0.05, 0.1) is 16.1 Å². The number of benzene rings is 1. The molecule has 1 aliphatic rings. The van der Waals surface area contributed by atoms with Gasteiger partial charge in [0.1, 0.15) is 11.6 Å². The van der Waals surface area contributed by atoms with Gasteiger partial charge in [-0.25, -0.2) is 8.78 Å². The smallest absolute Gasteiger partial charge is 0.481 e. The van der Waals surface area contributed by atoms with Crippen molar-refractivity contribution < 1.29 is 28.0 Å². The van der Waals surface area contributed by atoms with Crippen LogP contribution < -0.4 is 5.46 Å². The fourth-order valence-corrected chi connectivity index (χ4v) is 3.51. The Bertz CT molecular complexity index is 628. The summed E-state index contributed by atoms with van der Waals surface area (Å²) in [4.78, 5) is 10.4. The van der Waals surface area contributed by atoms with Crippen molar-refractivity contribution in [3.05, 3.63) is 23.8 Å². The van der Waals surface area contributed by atoms with Crippen LogP contribution in [0.4, 0.5) is 8.78 Å². The molecule has 2 rings (SSSR count). The van der Waals surface area contributed by atoms with E-state index in [0.29, 0.717) is 30.5 Å². The van der Waals surface area contributed by atoms with Crippen LogP contribution in [0.2, 0.25) is 0 Å². The molecule has 1 aliphatic heterocycles. The highest BCUT2D eigenvalue weighted by Crippen LogP contribution is 2.37. The zero-order chi connectivity index (χ0) is 19.5. The van der Waals surface area contributed by atoms with E-state index < -0.39 is 35.9 Å². The Kier molecular flexibility index (Phi) is 6.74. The molecule has 0 aromatic heterocycles. The van der Waals surface area contributed by atoms with E-state index in [1.165, 1.54) is 12.1 Å². The molecule has 0 aliphatic carbocycles. The summed E-state index contributed by atoms with van der Waals surface area (Å²) in [5.74, 6) is -1.56. The summed E-state index contributed by atoms with van der Waals surface area (Å²) in [6.45, 7) is 7.53. The molecule has 8 heteroatoms. The van der Waals surface area contributed by atoms with Crippen molar-refractivity contribution in [1.29, 1.82) is 0 Å². The van der Waals surface area contributed by atoms with Crippen LogP contribution in [0.25, 0.3) is 0 Å². The number of hydrogen-bond donors (Lipinski definition) is 1. The van der Waals surface area contributed by atoms with E-state index in [1.54, 1.807) is 0 Å². The first-order chi connectivity index (χ1) is 12.0. The Morgan fingerprint density at radius 1 is 1.08 bits per heavy atom. The van der Waals surface area contributed by atoms with Gasteiger partial charge in [0.15, 0.2) is 0 Å². The number of carboxylic acid groups (broad SMARTS) is 1. The maximum Gasteiger partial charge on any atom is 0.495 e. The van der Waals surface area contributed by atoms with Crippen molar-refractivity contribution >= 4 is 30.3 Å². The quantitative estimate of drug-likeness (QED) is 0.416.